The molecule has 4 aromatic rings. The molecule has 4 heterocycles. The summed E-state index contributed by atoms with van der Waals surface area (Å²) in [7, 11) is 0. The minimum absolute atomic E-state index is 0.535. The highest BCUT2D eigenvalue weighted by molar-refractivity contribution is 5.90. The molecule has 2 aromatic carbocycles. The lowest BCUT2D eigenvalue weighted by atomic mass is 9.95. The summed E-state index contributed by atoms with van der Waals surface area (Å²) in [4.78, 5) is 7.81. The topological polar surface area (TPSA) is 76.5 Å². The quantitative estimate of drug-likeness (QED) is 0.214. The van der Waals surface area contributed by atoms with Crippen molar-refractivity contribution in [2.75, 3.05) is 31.5 Å². The van der Waals surface area contributed by atoms with Gasteiger partial charge in [-0.25, -0.2) is 0 Å². The third-order valence-electron chi connectivity index (χ3n) is 9.41. The van der Waals surface area contributed by atoms with E-state index in [1.165, 1.54) is 60.6 Å². The number of aromatic nitrogens is 2. The zero-order chi connectivity index (χ0) is 28.2. The van der Waals surface area contributed by atoms with Crippen LogP contribution in [0.4, 0.5) is 11.4 Å². The number of rotatable bonds is 7. The fraction of sp³-hybridized carbons (Fsp3) is 0.371. The number of benzene rings is 2. The van der Waals surface area contributed by atoms with Crippen LogP contribution >= 0.6 is 0 Å². The molecule has 0 saturated carbocycles. The molecular weight excluding hydrogens is 504 g/mol. The number of aryl methyl sites for hydroxylation is 2. The van der Waals surface area contributed by atoms with Crippen LogP contribution in [0.3, 0.4) is 0 Å². The summed E-state index contributed by atoms with van der Waals surface area (Å²) in [5.74, 6) is 0. The molecule has 0 atom stereocenters. The first-order chi connectivity index (χ1) is 20.1. The van der Waals surface area contributed by atoms with Crippen LogP contribution in [0.5, 0.6) is 0 Å². The first-order valence-corrected chi connectivity index (χ1v) is 15.1. The molecule has 0 aliphatic carbocycles. The molecule has 0 spiro atoms. The number of hydrogen-bond donors (Lipinski definition) is 3. The predicted octanol–water partition coefficient (Wildman–Crippen LogP) is 7.22. The van der Waals surface area contributed by atoms with Gasteiger partial charge in [-0.1, -0.05) is 36.4 Å². The van der Waals surface area contributed by atoms with Crippen LogP contribution in [0.1, 0.15) is 65.6 Å². The van der Waals surface area contributed by atoms with Crippen molar-refractivity contribution in [3.63, 3.8) is 0 Å². The standard InChI is InChI=1S/C35H41N6/c1-25-31-16-19-38-34(31)13-12-33(25)40-35-29(22-36)23-39-26(2)32(35)11-10-27-6-8-28(9-7-27)24-41(20-4-3-5-21-41)30-14-17-37-18-15-30/h6-13,16,19,23,30,37-38H,3-5,14-15,17-18,20-21,24H2,1-2H3,(H,39,40)/q+1/b11-10+. The number of aromatic amines is 1. The average molecular weight is 546 g/mol. The first kappa shape index (κ1) is 27.3. The summed E-state index contributed by atoms with van der Waals surface area (Å²) >= 11 is 0. The van der Waals surface area contributed by atoms with Crippen molar-refractivity contribution in [1.29, 1.82) is 5.26 Å². The molecule has 6 heteroatoms. The molecule has 6 nitrogen and oxygen atoms in total. The van der Waals surface area contributed by atoms with Gasteiger partial charge in [0.2, 0.25) is 0 Å². The molecular formula is C35H41N6+. The zero-order valence-corrected chi connectivity index (χ0v) is 24.3. The summed E-state index contributed by atoms with van der Waals surface area (Å²) in [5.41, 5.74) is 8.98. The summed E-state index contributed by atoms with van der Waals surface area (Å²) in [6.07, 6.45) is 14.5. The van der Waals surface area contributed by atoms with Gasteiger partial charge < -0.3 is 20.1 Å². The molecule has 0 amide bonds. The minimum atomic E-state index is 0.535. The lowest BCUT2D eigenvalue weighted by Gasteiger charge is -2.49. The second-order valence-electron chi connectivity index (χ2n) is 11.9. The Morgan fingerprint density at radius 1 is 1.00 bits per heavy atom. The highest BCUT2D eigenvalue weighted by atomic mass is 15.4. The van der Waals surface area contributed by atoms with Crippen molar-refractivity contribution in [3.05, 3.63) is 88.4 Å². The van der Waals surface area contributed by atoms with Crippen LogP contribution in [-0.4, -0.2) is 46.7 Å². The van der Waals surface area contributed by atoms with Gasteiger partial charge in [0.1, 0.15) is 12.6 Å². The first-order valence-electron chi connectivity index (χ1n) is 15.1. The fourth-order valence-corrected chi connectivity index (χ4v) is 7.02. The number of piperidine rings is 2. The van der Waals surface area contributed by atoms with Crippen LogP contribution < -0.4 is 10.6 Å². The van der Waals surface area contributed by atoms with E-state index in [0.717, 1.165) is 65.0 Å². The van der Waals surface area contributed by atoms with E-state index in [-0.39, 0.29) is 0 Å². The maximum Gasteiger partial charge on any atom is 0.105 e. The molecule has 2 aliphatic heterocycles. The molecule has 210 valence electrons. The van der Waals surface area contributed by atoms with Crippen LogP contribution in [0.2, 0.25) is 0 Å². The van der Waals surface area contributed by atoms with Gasteiger partial charge in [-0.05, 0) is 62.4 Å². The Bertz CT molecular complexity index is 1580. The molecule has 2 fully saturated rings. The van der Waals surface area contributed by atoms with E-state index >= 15 is 0 Å². The Balaban J connectivity index is 1.24. The third-order valence-corrected chi connectivity index (χ3v) is 9.41. The van der Waals surface area contributed by atoms with Gasteiger partial charge in [0, 0.05) is 71.7 Å². The number of anilines is 2. The van der Waals surface area contributed by atoms with E-state index in [9.17, 15) is 5.26 Å². The summed E-state index contributed by atoms with van der Waals surface area (Å²) in [6, 6.07) is 18.5. The molecule has 41 heavy (non-hydrogen) atoms. The molecule has 0 bridgehead atoms. The van der Waals surface area contributed by atoms with Gasteiger partial charge in [-0.3, -0.25) is 4.98 Å². The van der Waals surface area contributed by atoms with Crippen molar-refractivity contribution in [2.45, 2.75) is 58.5 Å². The Morgan fingerprint density at radius 3 is 2.54 bits per heavy atom. The maximum absolute atomic E-state index is 9.92. The number of pyridine rings is 1. The highest BCUT2D eigenvalue weighted by Crippen LogP contribution is 2.33. The number of H-pyrrole nitrogens is 1. The molecule has 0 unspecified atom stereocenters. The Labute approximate surface area is 243 Å². The molecule has 2 aromatic heterocycles. The number of nitrogens with one attached hydrogen (secondary N) is 3. The van der Waals surface area contributed by atoms with Crippen molar-refractivity contribution < 1.29 is 4.48 Å². The van der Waals surface area contributed by atoms with Crippen molar-refractivity contribution in [1.82, 2.24) is 15.3 Å². The van der Waals surface area contributed by atoms with E-state index in [0.29, 0.717) is 5.56 Å². The average Bonchev–Trinajstić information content (AvgIpc) is 3.50. The van der Waals surface area contributed by atoms with Crippen molar-refractivity contribution >= 4 is 34.4 Å². The van der Waals surface area contributed by atoms with Gasteiger partial charge >= 0.3 is 0 Å². The number of likely N-dealkylation sites (tertiary alicyclic amines) is 1. The van der Waals surface area contributed by atoms with Gasteiger partial charge in [0.05, 0.1) is 30.4 Å². The van der Waals surface area contributed by atoms with E-state index in [1.807, 2.05) is 13.1 Å². The Hall–Kier alpha value is -3.92. The SMILES string of the molecule is Cc1ncc(C#N)c(Nc2ccc3[nH]ccc3c2C)c1/C=C/c1ccc(C[N+]2(C3CCNCC3)CCCCC2)cc1. The highest BCUT2D eigenvalue weighted by Gasteiger charge is 2.38. The Kier molecular flexibility index (Phi) is 7.91. The van der Waals surface area contributed by atoms with Crippen LogP contribution in [0, 0.1) is 25.2 Å². The fourth-order valence-electron chi connectivity index (χ4n) is 7.02. The van der Waals surface area contributed by atoms with Crippen LogP contribution in [-0.2, 0) is 6.54 Å². The van der Waals surface area contributed by atoms with E-state index in [4.69, 9.17) is 0 Å². The van der Waals surface area contributed by atoms with Crippen molar-refractivity contribution in [2.24, 2.45) is 0 Å². The lowest BCUT2D eigenvalue weighted by Crippen LogP contribution is -2.59. The second-order valence-corrected chi connectivity index (χ2v) is 11.9. The van der Waals surface area contributed by atoms with Gasteiger partial charge in [0.25, 0.3) is 0 Å². The van der Waals surface area contributed by atoms with E-state index in [1.54, 1.807) is 6.20 Å². The third kappa shape index (κ3) is 5.66. The van der Waals surface area contributed by atoms with Gasteiger partial charge in [0.15, 0.2) is 0 Å². The second kappa shape index (κ2) is 11.9. The van der Waals surface area contributed by atoms with E-state index < -0.39 is 0 Å². The van der Waals surface area contributed by atoms with Gasteiger partial charge in [-0.2, -0.15) is 5.26 Å². The minimum Gasteiger partial charge on any atom is -0.361 e. The number of hydrogen-bond acceptors (Lipinski definition) is 4. The lowest BCUT2D eigenvalue weighted by molar-refractivity contribution is -0.968. The molecule has 0 radical (unpaired) electrons. The van der Waals surface area contributed by atoms with E-state index in [2.05, 4.69) is 88.2 Å². The largest absolute Gasteiger partial charge is 0.361 e. The Morgan fingerprint density at radius 2 is 1.78 bits per heavy atom. The molecule has 2 saturated heterocycles. The number of quaternary nitrogens is 1. The molecule has 2 aliphatic rings. The van der Waals surface area contributed by atoms with Crippen LogP contribution in [0.25, 0.3) is 23.1 Å². The monoisotopic (exact) mass is 545 g/mol. The number of nitrogens with zero attached hydrogens (tertiary/aromatic N) is 3. The smallest absolute Gasteiger partial charge is 0.105 e. The summed E-state index contributed by atoms with van der Waals surface area (Å²) < 4.78 is 1.27. The zero-order valence-electron chi connectivity index (χ0n) is 24.3. The summed E-state index contributed by atoms with van der Waals surface area (Å²) in [5, 5.41) is 18.2. The molecule has 6 rings (SSSR count). The van der Waals surface area contributed by atoms with Crippen LogP contribution in [0.15, 0.2) is 54.9 Å². The number of nitriles is 1. The summed E-state index contributed by atoms with van der Waals surface area (Å²) in [6.45, 7) is 10.2. The van der Waals surface area contributed by atoms with Crippen molar-refractivity contribution in [3.8, 4) is 6.07 Å². The number of fused-ring (bicyclic) bond motifs is 1. The van der Waals surface area contributed by atoms with Gasteiger partial charge in [-0.15, -0.1) is 0 Å². The molecule has 3 N–H and O–H groups in total. The maximum atomic E-state index is 9.92. The predicted molar refractivity (Wildman–Crippen MR) is 169 cm³/mol. The normalized spacial score (nSPS) is 17.6.